The van der Waals surface area contributed by atoms with Gasteiger partial charge >= 0.3 is 0 Å². The smallest absolute Gasteiger partial charge is 0.141 e. The highest BCUT2D eigenvalue weighted by molar-refractivity contribution is 6.30. The Hall–Kier alpha value is -0.640. The molecule has 0 aliphatic heterocycles. The van der Waals surface area contributed by atoms with Crippen LogP contribution in [0.4, 0.5) is 4.39 Å². The summed E-state index contributed by atoms with van der Waals surface area (Å²) in [6, 6.07) is 4.92. The summed E-state index contributed by atoms with van der Waals surface area (Å²) in [4.78, 5) is 0. The van der Waals surface area contributed by atoms with E-state index in [1.807, 2.05) is 6.92 Å². The Bertz CT molecular complexity index is 409. The van der Waals surface area contributed by atoms with Crippen molar-refractivity contribution in [2.75, 3.05) is 13.2 Å². The van der Waals surface area contributed by atoms with Gasteiger partial charge in [0.15, 0.2) is 0 Å². The molecule has 0 radical (unpaired) electrons. The van der Waals surface area contributed by atoms with E-state index in [-0.39, 0.29) is 28.9 Å². The summed E-state index contributed by atoms with van der Waals surface area (Å²) in [6.07, 6.45) is 1.78. The van der Waals surface area contributed by atoms with Crippen LogP contribution in [0.1, 0.15) is 45.2 Å². The largest absolute Gasteiger partial charge is 0.396 e. The lowest BCUT2D eigenvalue weighted by atomic mass is 9.87. The Labute approximate surface area is 120 Å². The van der Waals surface area contributed by atoms with Gasteiger partial charge in [-0.3, -0.25) is 0 Å². The van der Waals surface area contributed by atoms with Gasteiger partial charge in [0.2, 0.25) is 0 Å². The van der Waals surface area contributed by atoms with E-state index in [9.17, 15) is 4.39 Å². The van der Waals surface area contributed by atoms with Crippen molar-refractivity contribution < 1.29 is 9.50 Å². The Kier molecular flexibility index (Phi) is 6.24. The van der Waals surface area contributed by atoms with Crippen LogP contribution in [0.15, 0.2) is 18.2 Å². The molecule has 0 aliphatic carbocycles. The first-order valence-corrected chi connectivity index (χ1v) is 7.03. The molecule has 0 heterocycles. The standard InChI is InChI=1S/C15H23ClFNO/c1-11(12-5-6-14(17)13(16)9-12)18-10-15(2,3)7-4-8-19/h5-6,9,11,18-19H,4,7-8,10H2,1-3H3. The topological polar surface area (TPSA) is 32.3 Å². The van der Waals surface area contributed by atoms with Crippen LogP contribution in [-0.4, -0.2) is 18.3 Å². The fourth-order valence-electron chi connectivity index (χ4n) is 1.97. The second-order valence-corrected chi connectivity index (χ2v) is 6.17. The molecule has 2 N–H and O–H groups in total. The van der Waals surface area contributed by atoms with Crippen molar-refractivity contribution in [2.24, 2.45) is 5.41 Å². The second-order valence-electron chi connectivity index (χ2n) is 5.77. The molecular weight excluding hydrogens is 265 g/mol. The SMILES string of the molecule is CC(NCC(C)(C)CCCO)c1ccc(F)c(Cl)c1. The van der Waals surface area contributed by atoms with Crippen LogP contribution >= 0.6 is 11.6 Å². The first-order valence-electron chi connectivity index (χ1n) is 6.65. The van der Waals surface area contributed by atoms with Crippen molar-refractivity contribution in [3.63, 3.8) is 0 Å². The van der Waals surface area contributed by atoms with Crippen molar-refractivity contribution >= 4 is 11.6 Å². The summed E-state index contributed by atoms with van der Waals surface area (Å²) in [7, 11) is 0. The van der Waals surface area contributed by atoms with Gasteiger partial charge in [-0.1, -0.05) is 31.5 Å². The van der Waals surface area contributed by atoms with Gasteiger partial charge in [-0.15, -0.1) is 0 Å². The Morgan fingerprint density at radius 3 is 2.68 bits per heavy atom. The molecule has 0 spiro atoms. The van der Waals surface area contributed by atoms with E-state index >= 15 is 0 Å². The Morgan fingerprint density at radius 1 is 1.42 bits per heavy atom. The minimum atomic E-state index is -0.388. The third-order valence-corrected chi connectivity index (χ3v) is 3.63. The zero-order valence-electron chi connectivity index (χ0n) is 11.8. The fourth-order valence-corrected chi connectivity index (χ4v) is 2.16. The number of rotatable bonds is 7. The van der Waals surface area contributed by atoms with Crippen LogP contribution in [-0.2, 0) is 0 Å². The minimum absolute atomic E-state index is 0.117. The van der Waals surface area contributed by atoms with Crippen LogP contribution < -0.4 is 5.32 Å². The van der Waals surface area contributed by atoms with Gasteiger partial charge in [0, 0.05) is 19.2 Å². The molecule has 4 heteroatoms. The summed E-state index contributed by atoms with van der Waals surface area (Å²) in [6.45, 7) is 7.43. The van der Waals surface area contributed by atoms with Crippen molar-refractivity contribution in [3.8, 4) is 0 Å². The molecule has 0 amide bonds. The van der Waals surface area contributed by atoms with Crippen molar-refractivity contribution in [3.05, 3.63) is 34.6 Å². The molecule has 1 rings (SSSR count). The third kappa shape index (κ3) is 5.47. The lowest BCUT2D eigenvalue weighted by molar-refractivity contribution is 0.233. The van der Waals surface area contributed by atoms with Gasteiger partial charge in [-0.2, -0.15) is 0 Å². The molecule has 0 saturated carbocycles. The second kappa shape index (κ2) is 7.22. The fraction of sp³-hybridized carbons (Fsp3) is 0.600. The molecule has 0 aromatic heterocycles. The summed E-state index contributed by atoms with van der Waals surface area (Å²) >= 11 is 5.79. The first-order chi connectivity index (χ1) is 8.85. The number of halogens is 2. The number of aliphatic hydroxyl groups is 1. The molecule has 0 aliphatic rings. The average molecular weight is 288 g/mol. The van der Waals surface area contributed by atoms with Gasteiger partial charge < -0.3 is 10.4 Å². The van der Waals surface area contributed by atoms with Crippen LogP contribution in [0.25, 0.3) is 0 Å². The summed E-state index contributed by atoms with van der Waals surface area (Å²) in [5.41, 5.74) is 1.10. The normalized spacial score (nSPS) is 13.6. The molecular formula is C15H23ClFNO. The average Bonchev–Trinajstić information content (AvgIpc) is 2.37. The Balaban J connectivity index is 2.54. The van der Waals surface area contributed by atoms with Gasteiger partial charge in [-0.25, -0.2) is 4.39 Å². The molecule has 0 bridgehead atoms. The zero-order chi connectivity index (χ0) is 14.5. The molecule has 1 aromatic rings. The van der Waals surface area contributed by atoms with Crippen LogP contribution in [0, 0.1) is 11.2 Å². The molecule has 0 fully saturated rings. The van der Waals surface area contributed by atoms with Gasteiger partial charge in [0.25, 0.3) is 0 Å². The highest BCUT2D eigenvalue weighted by Gasteiger charge is 2.18. The van der Waals surface area contributed by atoms with E-state index < -0.39 is 0 Å². The van der Waals surface area contributed by atoms with E-state index in [0.717, 1.165) is 24.9 Å². The predicted molar refractivity (Wildman–Crippen MR) is 77.9 cm³/mol. The monoisotopic (exact) mass is 287 g/mol. The maximum Gasteiger partial charge on any atom is 0.141 e. The Morgan fingerprint density at radius 2 is 2.11 bits per heavy atom. The van der Waals surface area contributed by atoms with Crippen molar-refractivity contribution in [2.45, 2.75) is 39.7 Å². The molecule has 1 unspecified atom stereocenters. The van der Waals surface area contributed by atoms with Crippen LogP contribution in [0.5, 0.6) is 0 Å². The minimum Gasteiger partial charge on any atom is -0.396 e. The van der Waals surface area contributed by atoms with Gasteiger partial charge in [0.05, 0.1) is 5.02 Å². The molecule has 19 heavy (non-hydrogen) atoms. The predicted octanol–water partition coefficient (Wildman–Crippen LogP) is 3.93. The number of hydrogen-bond donors (Lipinski definition) is 2. The zero-order valence-corrected chi connectivity index (χ0v) is 12.6. The maximum absolute atomic E-state index is 13.1. The highest BCUT2D eigenvalue weighted by atomic mass is 35.5. The molecule has 1 atom stereocenters. The molecule has 0 saturated heterocycles. The summed E-state index contributed by atoms with van der Waals surface area (Å²) in [5, 5.41) is 12.5. The quantitative estimate of drug-likeness (QED) is 0.796. The van der Waals surface area contributed by atoms with E-state index in [2.05, 4.69) is 19.2 Å². The van der Waals surface area contributed by atoms with E-state index in [1.54, 1.807) is 12.1 Å². The van der Waals surface area contributed by atoms with Crippen molar-refractivity contribution in [1.29, 1.82) is 0 Å². The lowest BCUT2D eigenvalue weighted by Gasteiger charge is -2.27. The summed E-state index contributed by atoms with van der Waals surface area (Å²) in [5.74, 6) is -0.388. The highest BCUT2D eigenvalue weighted by Crippen LogP contribution is 2.24. The first kappa shape index (κ1) is 16.4. The summed E-state index contributed by atoms with van der Waals surface area (Å²) < 4.78 is 13.1. The van der Waals surface area contributed by atoms with Crippen LogP contribution in [0.3, 0.4) is 0 Å². The van der Waals surface area contributed by atoms with Crippen LogP contribution in [0.2, 0.25) is 5.02 Å². The number of hydrogen-bond acceptors (Lipinski definition) is 2. The third-order valence-electron chi connectivity index (χ3n) is 3.34. The van der Waals surface area contributed by atoms with E-state index in [4.69, 9.17) is 16.7 Å². The van der Waals surface area contributed by atoms with Gasteiger partial charge in [0.1, 0.15) is 5.82 Å². The number of nitrogens with one attached hydrogen (secondary N) is 1. The molecule has 108 valence electrons. The molecule has 2 nitrogen and oxygen atoms in total. The molecule has 1 aromatic carbocycles. The van der Waals surface area contributed by atoms with Crippen molar-refractivity contribution in [1.82, 2.24) is 5.32 Å². The number of aliphatic hydroxyl groups excluding tert-OH is 1. The van der Waals surface area contributed by atoms with E-state index in [1.165, 1.54) is 6.07 Å². The maximum atomic E-state index is 13.1. The lowest BCUT2D eigenvalue weighted by Crippen LogP contribution is -2.31. The van der Waals surface area contributed by atoms with Gasteiger partial charge in [-0.05, 0) is 42.9 Å². The van der Waals surface area contributed by atoms with E-state index in [0.29, 0.717) is 0 Å². The number of benzene rings is 1.